The third kappa shape index (κ3) is 3.62. The number of esters is 2. The van der Waals surface area contributed by atoms with Crippen LogP contribution in [0.2, 0.25) is 0 Å². The van der Waals surface area contributed by atoms with Crippen LogP contribution in [0.3, 0.4) is 0 Å². The lowest BCUT2D eigenvalue weighted by Gasteiger charge is -2.10. The second-order valence-corrected chi connectivity index (χ2v) is 6.73. The number of nitrogens with zero attached hydrogens (tertiary/aromatic N) is 1. The highest BCUT2D eigenvalue weighted by molar-refractivity contribution is 9.10. The molecule has 0 bridgehead atoms. The van der Waals surface area contributed by atoms with Gasteiger partial charge in [0.05, 0.1) is 41.9 Å². The number of ether oxygens (including phenoxy) is 2. The van der Waals surface area contributed by atoms with E-state index in [1.54, 1.807) is 13.0 Å². The number of nitrogens with one attached hydrogen (secondary N) is 1. The van der Waals surface area contributed by atoms with Crippen LogP contribution >= 0.6 is 15.9 Å². The van der Waals surface area contributed by atoms with Crippen molar-refractivity contribution in [2.45, 2.75) is 20.4 Å². The largest absolute Gasteiger partial charge is 0.462 e. The maximum atomic E-state index is 12.5. The summed E-state index contributed by atoms with van der Waals surface area (Å²) in [7, 11) is 5.96. The van der Waals surface area contributed by atoms with Crippen LogP contribution in [0.1, 0.15) is 29.9 Å². The normalized spacial score (nSPS) is 11.1. The monoisotopic (exact) mass is 397 g/mol. The molecule has 0 saturated heterocycles. The fourth-order valence-electron chi connectivity index (χ4n) is 2.70. The van der Waals surface area contributed by atoms with E-state index >= 15 is 0 Å². The van der Waals surface area contributed by atoms with E-state index in [-0.39, 0.29) is 5.97 Å². The van der Waals surface area contributed by atoms with Crippen molar-refractivity contribution in [1.82, 2.24) is 4.57 Å². The SMILES string of the molecule is CCOC(=O)c1c(C[NH+](C)C)n(C)c2cc(Br)c(OC(C)=O)cc12. The lowest BCUT2D eigenvalue weighted by Crippen LogP contribution is -3.04. The lowest BCUT2D eigenvalue weighted by atomic mass is 10.1. The second-order valence-electron chi connectivity index (χ2n) is 5.88. The number of aromatic nitrogens is 1. The predicted molar refractivity (Wildman–Crippen MR) is 94.4 cm³/mol. The quantitative estimate of drug-likeness (QED) is 0.615. The van der Waals surface area contributed by atoms with Gasteiger partial charge in [-0.3, -0.25) is 4.79 Å². The van der Waals surface area contributed by atoms with E-state index < -0.39 is 5.97 Å². The van der Waals surface area contributed by atoms with Crippen LogP contribution in [0.5, 0.6) is 5.75 Å². The molecule has 0 aliphatic rings. The van der Waals surface area contributed by atoms with Gasteiger partial charge in [0.15, 0.2) is 0 Å². The molecule has 0 spiro atoms. The molecule has 0 saturated carbocycles. The summed E-state index contributed by atoms with van der Waals surface area (Å²) in [6.45, 7) is 4.09. The van der Waals surface area contributed by atoms with Gasteiger partial charge in [-0.15, -0.1) is 0 Å². The minimum atomic E-state index is -0.415. The summed E-state index contributed by atoms with van der Waals surface area (Å²) in [6, 6.07) is 3.56. The van der Waals surface area contributed by atoms with Crippen LogP contribution in [-0.4, -0.2) is 37.2 Å². The van der Waals surface area contributed by atoms with Gasteiger partial charge in [-0.25, -0.2) is 4.79 Å². The number of aryl methyl sites for hydroxylation is 1. The summed E-state index contributed by atoms with van der Waals surface area (Å²) >= 11 is 3.42. The topological polar surface area (TPSA) is 62.0 Å². The van der Waals surface area contributed by atoms with E-state index in [4.69, 9.17) is 9.47 Å². The summed E-state index contributed by atoms with van der Waals surface area (Å²) in [6.07, 6.45) is 0. The Morgan fingerprint density at radius 2 is 1.96 bits per heavy atom. The molecule has 2 rings (SSSR count). The van der Waals surface area contributed by atoms with E-state index in [1.165, 1.54) is 11.8 Å². The second kappa shape index (κ2) is 7.36. The molecule has 130 valence electrons. The summed E-state index contributed by atoms with van der Waals surface area (Å²) in [4.78, 5) is 25.0. The Morgan fingerprint density at radius 1 is 1.29 bits per heavy atom. The molecular weight excluding hydrogens is 376 g/mol. The Balaban J connectivity index is 2.75. The molecule has 2 aromatic rings. The average Bonchev–Trinajstić information content (AvgIpc) is 2.71. The zero-order valence-electron chi connectivity index (χ0n) is 14.5. The van der Waals surface area contributed by atoms with Gasteiger partial charge in [0.25, 0.3) is 0 Å². The first kappa shape index (κ1) is 18.5. The summed E-state index contributed by atoms with van der Waals surface area (Å²) < 4.78 is 13.1. The van der Waals surface area contributed by atoms with Gasteiger partial charge in [0.1, 0.15) is 12.3 Å². The highest BCUT2D eigenvalue weighted by Gasteiger charge is 2.25. The maximum Gasteiger partial charge on any atom is 0.340 e. The minimum Gasteiger partial charge on any atom is -0.462 e. The molecule has 6 nitrogen and oxygen atoms in total. The van der Waals surface area contributed by atoms with Crippen molar-refractivity contribution in [3.05, 3.63) is 27.9 Å². The maximum absolute atomic E-state index is 12.5. The highest BCUT2D eigenvalue weighted by atomic mass is 79.9. The van der Waals surface area contributed by atoms with Crippen molar-refractivity contribution in [3.8, 4) is 5.75 Å². The van der Waals surface area contributed by atoms with E-state index in [0.29, 0.717) is 34.3 Å². The van der Waals surface area contributed by atoms with Crippen molar-refractivity contribution in [1.29, 1.82) is 0 Å². The van der Waals surface area contributed by atoms with Crippen molar-refractivity contribution in [3.63, 3.8) is 0 Å². The van der Waals surface area contributed by atoms with Crippen molar-refractivity contribution >= 4 is 38.8 Å². The number of benzene rings is 1. The summed E-state index contributed by atoms with van der Waals surface area (Å²) in [5.41, 5.74) is 2.28. The van der Waals surface area contributed by atoms with Gasteiger partial charge in [0.2, 0.25) is 0 Å². The molecule has 0 fully saturated rings. The third-order valence-corrected chi connectivity index (χ3v) is 4.25. The Morgan fingerprint density at radius 3 is 2.50 bits per heavy atom. The summed E-state index contributed by atoms with van der Waals surface area (Å²) in [5, 5.41) is 0.714. The van der Waals surface area contributed by atoms with Crippen LogP contribution in [-0.2, 0) is 23.1 Å². The van der Waals surface area contributed by atoms with Gasteiger partial charge in [-0.05, 0) is 35.0 Å². The van der Waals surface area contributed by atoms with Gasteiger partial charge in [-0.2, -0.15) is 0 Å². The number of carbonyl (C=O) groups is 2. The molecule has 1 N–H and O–H groups in total. The Hall–Kier alpha value is -1.86. The predicted octanol–water partition coefficient (Wildman–Crippen LogP) is 1.69. The zero-order chi connectivity index (χ0) is 18.0. The third-order valence-electron chi connectivity index (χ3n) is 3.63. The van der Waals surface area contributed by atoms with Crippen molar-refractivity contribution in [2.75, 3.05) is 20.7 Å². The van der Waals surface area contributed by atoms with Crippen LogP contribution < -0.4 is 9.64 Å². The van der Waals surface area contributed by atoms with Crippen molar-refractivity contribution in [2.24, 2.45) is 7.05 Å². The lowest BCUT2D eigenvalue weighted by molar-refractivity contribution is -0.873. The standard InChI is InChI=1S/C17H21BrN2O4/c1-6-23-17(22)16-11-7-15(24-10(2)21)12(18)8-13(11)20(5)14(16)9-19(3)4/h7-8H,6,9H2,1-5H3/p+1. The van der Waals surface area contributed by atoms with Crippen LogP contribution in [0.15, 0.2) is 16.6 Å². The fourth-order valence-corrected chi connectivity index (χ4v) is 3.11. The molecule has 1 heterocycles. The average molecular weight is 398 g/mol. The number of fused-ring (bicyclic) bond motifs is 1. The number of quaternary nitrogens is 1. The van der Waals surface area contributed by atoms with Crippen LogP contribution in [0.25, 0.3) is 10.9 Å². The number of rotatable bonds is 5. The number of hydrogen-bond donors (Lipinski definition) is 1. The highest BCUT2D eigenvalue weighted by Crippen LogP contribution is 2.35. The smallest absolute Gasteiger partial charge is 0.340 e. The van der Waals surface area contributed by atoms with Gasteiger partial charge in [-0.1, -0.05) is 0 Å². The Bertz CT molecular complexity index is 796. The number of halogens is 1. The van der Waals surface area contributed by atoms with Crippen molar-refractivity contribution < 1.29 is 24.0 Å². The molecular formula is C17H22BrN2O4+. The van der Waals surface area contributed by atoms with Gasteiger partial charge in [0, 0.05) is 19.4 Å². The van der Waals surface area contributed by atoms with E-state index in [2.05, 4.69) is 15.9 Å². The summed E-state index contributed by atoms with van der Waals surface area (Å²) in [5.74, 6) is -0.396. The molecule has 0 atom stereocenters. The molecule has 1 aromatic heterocycles. The first-order valence-electron chi connectivity index (χ1n) is 7.71. The first-order chi connectivity index (χ1) is 11.3. The van der Waals surface area contributed by atoms with Gasteiger partial charge < -0.3 is 18.9 Å². The van der Waals surface area contributed by atoms with Gasteiger partial charge >= 0.3 is 11.9 Å². The van der Waals surface area contributed by atoms with Crippen LogP contribution in [0, 0.1) is 0 Å². The van der Waals surface area contributed by atoms with E-state index in [1.807, 2.05) is 31.8 Å². The number of carbonyl (C=O) groups excluding carboxylic acids is 2. The first-order valence-corrected chi connectivity index (χ1v) is 8.50. The number of hydrogen-bond acceptors (Lipinski definition) is 4. The Kier molecular flexibility index (Phi) is 5.66. The molecule has 0 aliphatic carbocycles. The molecule has 0 radical (unpaired) electrons. The fraction of sp³-hybridized carbons (Fsp3) is 0.412. The molecule has 7 heteroatoms. The van der Waals surface area contributed by atoms with E-state index in [9.17, 15) is 9.59 Å². The minimum absolute atomic E-state index is 0.302. The molecule has 1 aromatic carbocycles. The zero-order valence-corrected chi connectivity index (χ0v) is 16.1. The molecule has 24 heavy (non-hydrogen) atoms. The van der Waals surface area contributed by atoms with Crippen LogP contribution in [0.4, 0.5) is 0 Å². The molecule has 0 unspecified atom stereocenters. The Labute approximate surface area is 149 Å². The molecule has 0 aliphatic heterocycles. The van der Waals surface area contributed by atoms with E-state index in [0.717, 1.165) is 11.2 Å². The molecule has 0 amide bonds.